The molecular weight excluding hydrogens is 290 g/mol. The van der Waals surface area contributed by atoms with Crippen molar-refractivity contribution in [2.24, 2.45) is 5.73 Å². The van der Waals surface area contributed by atoms with Gasteiger partial charge < -0.3 is 19.9 Å². The molecule has 1 aliphatic heterocycles. The molecule has 2 rings (SSSR count). The number of methoxy groups -OCH3 is 1. The molecule has 1 aromatic carbocycles. The van der Waals surface area contributed by atoms with Gasteiger partial charge in [-0.2, -0.15) is 0 Å². The van der Waals surface area contributed by atoms with Crippen molar-refractivity contribution in [3.8, 4) is 11.5 Å². The largest absolute Gasteiger partial charge is 0.493 e. The van der Waals surface area contributed by atoms with Crippen molar-refractivity contribution in [1.82, 2.24) is 0 Å². The molecule has 1 saturated heterocycles. The standard InChI is InChI=1S/C16H24ClNO3/c1-11(18)7-12-8-13(17)9-15(19-2)16(12)21-10-14-5-3-4-6-20-14/h8-9,11,14H,3-7,10,18H2,1-2H3. The molecule has 0 spiro atoms. The zero-order valence-electron chi connectivity index (χ0n) is 12.7. The minimum atomic E-state index is 0.0291. The summed E-state index contributed by atoms with van der Waals surface area (Å²) in [7, 11) is 1.62. The molecule has 1 aliphatic rings. The third-order valence-electron chi connectivity index (χ3n) is 3.55. The zero-order chi connectivity index (χ0) is 15.2. The first-order valence-corrected chi connectivity index (χ1v) is 7.84. The van der Waals surface area contributed by atoms with E-state index >= 15 is 0 Å². The molecule has 0 amide bonds. The summed E-state index contributed by atoms with van der Waals surface area (Å²) in [6.07, 6.45) is 4.22. The van der Waals surface area contributed by atoms with Gasteiger partial charge in [0.15, 0.2) is 11.5 Å². The van der Waals surface area contributed by atoms with E-state index in [1.54, 1.807) is 13.2 Å². The molecule has 5 heteroatoms. The van der Waals surface area contributed by atoms with Gasteiger partial charge in [0, 0.05) is 29.3 Å². The molecule has 0 saturated carbocycles. The van der Waals surface area contributed by atoms with E-state index in [2.05, 4.69) is 0 Å². The van der Waals surface area contributed by atoms with Crippen LogP contribution in [0.4, 0.5) is 0 Å². The maximum absolute atomic E-state index is 6.13. The monoisotopic (exact) mass is 313 g/mol. The SMILES string of the molecule is COc1cc(Cl)cc(CC(C)N)c1OCC1CCCCO1. The average Bonchev–Trinajstić information content (AvgIpc) is 2.46. The van der Waals surface area contributed by atoms with Gasteiger partial charge >= 0.3 is 0 Å². The van der Waals surface area contributed by atoms with Crippen molar-refractivity contribution in [1.29, 1.82) is 0 Å². The van der Waals surface area contributed by atoms with Gasteiger partial charge in [-0.25, -0.2) is 0 Å². The summed E-state index contributed by atoms with van der Waals surface area (Å²) >= 11 is 6.13. The Morgan fingerprint density at radius 2 is 2.24 bits per heavy atom. The maximum atomic E-state index is 6.13. The van der Waals surface area contributed by atoms with Crippen molar-refractivity contribution in [2.45, 2.75) is 44.8 Å². The van der Waals surface area contributed by atoms with E-state index in [9.17, 15) is 0 Å². The number of rotatable bonds is 6. The van der Waals surface area contributed by atoms with Gasteiger partial charge in [-0.15, -0.1) is 0 Å². The molecule has 0 aliphatic carbocycles. The Labute approximate surface area is 131 Å². The topological polar surface area (TPSA) is 53.7 Å². The fourth-order valence-corrected chi connectivity index (χ4v) is 2.78. The smallest absolute Gasteiger partial charge is 0.164 e. The van der Waals surface area contributed by atoms with Gasteiger partial charge in [-0.05, 0) is 38.7 Å². The summed E-state index contributed by atoms with van der Waals surface area (Å²) in [5.41, 5.74) is 6.89. The van der Waals surface area contributed by atoms with Crippen LogP contribution in [-0.4, -0.2) is 32.5 Å². The minimum Gasteiger partial charge on any atom is -0.493 e. The number of ether oxygens (including phenoxy) is 3. The Kier molecular flexibility index (Phi) is 6.15. The van der Waals surface area contributed by atoms with Crippen LogP contribution in [0.5, 0.6) is 11.5 Å². The van der Waals surface area contributed by atoms with E-state index in [1.807, 2.05) is 13.0 Å². The Morgan fingerprint density at radius 1 is 1.43 bits per heavy atom. The number of hydrogen-bond acceptors (Lipinski definition) is 4. The number of nitrogens with two attached hydrogens (primary N) is 1. The third-order valence-corrected chi connectivity index (χ3v) is 3.76. The van der Waals surface area contributed by atoms with Gasteiger partial charge in [0.2, 0.25) is 0 Å². The van der Waals surface area contributed by atoms with Crippen molar-refractivity contribution >= 4 is 11.6 Å². The summed E-state index contributed by atoms with van der Waals surface area (Å²) in [5, 5.41) is 0.628. The first kappa shape index (κ1) is 16.4. The van der Waals surface area contributed by atoms with Crippen molar-refractivity contribution in [3.05, 3.63) is 22.7 Å². The van der Waals surface area contributed by atoms with Crippen molar-refractivity contribution < 1.29 is 14.2 Å². The van der Waals surface area contributed by atoms with E-state index in [0.29, 0.717) is 23.8 Å². The summed E-state index contributed by atoms with van der Waals surface area (Å²) in [5.74, 6) is 1.38. The number of halogens is 1. The van der Waals surface area contributed by atoms with E-state index in [1.165, 1.54) is 6.42 Å². The van der Waals surface area contributed by atoms with Gasteiger partial charge in [-0.1, -0.05) is 11.6 Å². The fourth-order valence-electron chi connectivity index (χ4n) is 2.55. The molecule has 118 valence electrons. The van der Waals surface area contributed by atoms with Gasteiger partial charge in [-0.3, -0.25) is 0 Å². The molecule has 21 heavy (non-hydrogen) atoms. The normalized spacial score (nSPS) is 20.1. The second-order valence-electron chi connectivity index (χ2n) is 5.58. The van der Waals surface area contributed by atoms with Crippen LogP contribution >= 0.6 is 11.6 Å². The van der Waals surface area contributed by atoms with Crippen LogP contribution in [0.25, 0.3) is 0 Å². The molecule has 1 fully saturated rings. The van der Waals surface area contributed by atoms with E-state index in [4.69, 9.17) is 31.5 Å². The molecule has 0 aromatic heterocycles. The summed E-state index contributed by atoms with van der Waals surface area (Å²) < 4.78 is 17.1. The second-order valence-corrected chi connectivity index (χ2v) is 6.01. The lowest BCUT2D eigenvalue weighted by Crippen LogP contribution is -2.26. The van der Waals surface area contributed by atoms with Gasteiger partial charge in [0.1, 0.15) is 6.61 Å². The quantitative estimate of drug-likeness (QED) is 0.876. The molecule has 0 bridgehead atoms. The first-order chi connectivity index (χ1) is 10.1. The summed E-state index contributed by atoms with van der Waals surface area (Å²) in [6, 6.07) is 3.69. The molecule has 2 atom stereocenters. The van der Waals surface area contributed by atoms with Crippen LogP contribution in [-0.2, 0) is 11.2 Å². The Hall–Kier alpha value is -0.970. The van der Waals surface area contributed by atoms with Crippen LogP contribution in [0.2, 0.25) is 5.02 Å². The van der Waals surface area contributed by atoms with Crippen molar-refractivity contribution in [2.75, 3.05) is 20.3 Å². The van der Waals surface area contributed by atoms with Crippen LogP contribution < -0.4 is 15.2 Å². The van der Waals surface area contributed by atoms with Crippen LogP contribution in [0.1, 0.15) is 31.7 Å². The van der Waals surface area contributed by atoms with Crippen LogP contribution in [0.15, 0.2) is 12.1 Å². The van der Waals surface area contributed by atoms with E-state index in [0.717, 1.165) is 30.8 Å². The molecular formula is C16H24ClNO3. The number of benzene rings is 1. The van der Waals surface area contributed by atoms with Crippen LogP contribution in [0, 0.1) is 0 Å². The van der Waals surface area contributed by atoms with Gasteiger partial charge in [0.05, 0.1) is 13.2 Å². The van der Waals surface area contributed by atoms with Gasteiger partial charge in [0.25, 0.3) is 0 Å². The van der Waals surface area contributed by atoms with Crippen molar-refractivity contribution in [3.63, 3.8) is 0 Å². The Morgan fingerprint density at radius 3 is 2.86 bits per heavy atom. The molecule has 0 radical (unpaired) electrons. The highest BCUT2D eigenvalue weighted by Gasteiger charge is 2.18. The Balaban J connectivity index is 2.14. The lowest BCUT2D eigenvalue weighted by Gasteiger charge is -2.24. The first-order valence-electron chi connectivity index (χ1n) is 7.46. The van der Waals surface area contributed by atoms with E-state index in [-0.39, 0.29) is 12.1 Å². The fraction of sp³-hybridized carbons (Fsp3) is 0.625. The number of hydrogen-bond donors (Lipinski definition) is 1. The Bertz CT molecular complexity index is 459. The minimum absolute atomic E-state index is 0.0291. The highest BCUT2D eigenvalue weighted by atomic mass is 35.5. The summed E-state index contributed by atoms with van der Waals surface area (Å²) in [4.78, 5) is 0. The highest BCUT2D eigenvalue weighted by molar-refractivity contribution is 6.30. The molecule has 2 unspecified atom stereocenters. The molecule has 2 N–H and O–H groups in total. The maximum Gasteiger partial charge on any atom is 0.164 e. The molecule has 1 heterocycles. The highest BCUT2D eigenvalue weighted by Crippen LogP contribution is 2.35. The zero-order valence-corrected chi connectivity index (χ0v) is 13.5. The van der Waals surface area contributed by atoms with E-state index < -0.39 is 0 Å². The summed E-state index contributed by atoms with van der Waals surface area (Å²) in [6.45, 7) is 3.31. The lowest BCUT2D eigenvalue weighted by molar-refractivity contribution is -0.0116. The van der Waals surface area contributed by atoms with Crippen LogP contribution in [0.3, 0.4) is 0 Å². The molecule has 1 aromatic rings. The average molecular weight is 314 g/mol. The lowest BCUT2D eigenvalue weighted by atomic mass is 10.1. The predicted octanol–water partition coefficient (Wildman–Crippen LogP) is 3.19. The third kappa shape index (κ3) is 4.77. The second kappa shape index (κ2) is 7.87. The predicted molar refractivity (Wildman–Crippen MR) is 84.4 cm³/mol. The molecule has 4 nitrogen and oxygen atoms in total.